The second-order valence-corrected chi connectivity index (χ2v) is 6.11. The Labute approximate surface area is 163 Å². The Morgan fingerprint density at radius 2 is 2.21 bits per heavy atom. The van der Waals surface area contributed by atoms with Gasteiger partial charge in [-0.3, -0.25) is 4.99 Å². The molecule has 5 nitrogen and oxygen atoms in total. The number of nitrogens with zero attached hydrogens (tertiary/aromatic N) is 2. The third kappa shape index (κ3) is 6.84. The fraction of sp³-hybridized carbons (Fsp3) is 0.611. The standard InChI is InChI=1S/C18H30N4O.HI/c1-4-9-22-10-8-16(14-22)13-21-18(19-2)20-12-15-6-5-7-17(11-15)23-3;/h5-7,11,16H,4,8-10,12-14H2,1-3H3,(H2,19,20,21);1H. The van der Waals surface area contributed by atoms with Crippen molar-refractivity contribution in [2.75, 3.05) is 40.3 Å². The third-order valence-corrected chi connectivity index (χ3v) is 4.29. The summed E-state index contributed by atoms with van der Waals surface area (Å²) < 4.78 is 5.25. The van der Waals surface area contributed by atoms with Crippen molar-refractivity contribution in [2.45, 2.75) is 26.3 Å². The second kappa shape index (κ2) is 11.5. The van der Waals surface area contributed by atoms with E-state index in [2.05, 4.69) is 33.5 Å². The van der Waals surface area contributed by atoms with Crippen molar-refractivity contribution in [3.05, 3.63) is 29.8 Å². The van der Waals surface area contributed by atoms with Crippen molar-refractivity contribution in [1.29, 1.82) is 0 Å². The lowest BCUT2D eigenvalue weighted by Gasteiger charge is -2.17. The van der Waals surface area contributed by atoms with Crippen LogP contribution in [-0.2, 0) is 6.54 Å². The van der Waals surface area contributed by atoms with Crippen LogP contribution < -0.4 is 15.4 Å². The molecule has 0 radical (unpaired) electrons. The van der Waals surface area contributed by atoms with Crippen LogP contribution >= 0.6 is 24.0 Å². The molecule has 0 amide bonds. The van der Waals surface area contributed by atoms with E-state index in [1.165, 1.54) is 38.0 Å². The van der Waals surface area contributed by atoms with Gasteiger partial charge in [0.1, 0.15) is 5.75 Å². The van der Waals surface area contributed by atoms with Crippen molar-refractivity contribution in [3.8, 4) is 5.75 Å². The van der Waals surface area contributed by atoms with Crippen molar-refractivity contribution in [1.82, 2.24) is 15.5 Å². The number of hydrogen-bond acceptors (Lipinski definition) is 3. The number of likely N-dealkylation sites (tertiary alicyclic amines) is 1. The Bertz CT molecular complexity index is 510. The number of hydrogen-bond donors (Lipinski definition) is 2. The maximum atomic E-state index is 5.25. The molecule has 0 spiro atoms. The van der Waals surface area contributed by atoms with Crippen molar-refractivity contribution in [2.24, 2.45) is 10.9 Å². The Morgan fingerprint density at radius 3 is 2.92 bits per heavy atom. The van der Waals surface area contributed by atoms with Crippen LogP contribution in [0.2, 0.25) is 0 Å². The van der Waals surface area contributed by atoms with Gasteiger partial charge in [0.2, 0.25) is 0 Å². The van der Waals surface area contributed by atoms with Gasteiger partial charge in [-0.05, 0) is 49.5 Å². The minimum atomic E-state index is 0. The summed E-state index contributed by atoms with van der Waals surface area (Å²) in [6.07, 6.45) is 2.52. The molecule has 6 heteroatoms. The third-order valence-electron chi connectivity index (χ3n) is 4.29. The molecule has 1 atom stereocenters. The van der Waals surface area contributed by atoms with E-state index in [4.69, 9.17) is 4.74 Å². The van der Waals surface area contributed by atoms with Gasteiger partial charge in [0, 0.05) is 26.7 Å². The molecule has 0 aromatic heterocycles. The molecule has 136 valence electrons. The summed E-state index contributed by atoms with van der Waals surface area (Å²) in [6, 6.07) is 8.09. The summed E-state index contributed by atoms with van der Waals surface area (Å²) in [5.41, 5.74) is 1.18. The van der Waals surface area contributed by atoms with E-state index in [0.29, 0.717) is 0 Å². The first-order chi connectivity index (χ1) is 11.2. The van der Waals surface area contributed by atoms with Crippen LogP contribution in [0, 0.1) is 5.92 Å². The lowest BCUT2D eigenvalue weighted by Crippen LogP contribution is -2.39. The smallest absolute Gasteiger partial charge is 0.191 e. The van der Waals surface area contributed by atoms with Crippen LogP contribution in [0.1, 0.15) is 25.3 Å². The molecule has 1 heterocycles. The predicted molar refractivity (Wildman–Crippen MR) is 111 cm³/mol. The van der Waals surface area contributed by atoms with Crippen LogP contribution in [0.15, 0.2) is 29.3 Å². The number of guanidine groups is 1. The number of aliphatic imine (C=N–C) groups is 1. The quantitative estimate of drug-likeness (QED) is 0.384. The van der Waals surface area contributed by atoms with E-state index in [0.717, 1.165) is 30.7 Å². The Kier molecular flexibility index (Phi) is 10.1. The van der Waals surface area contributed by atoms with Gasteiger partial charge in [0.15, 0.2) is 5.96 Å². The van der Waals surface area contributed by atoms with Crippen LogP contribution in [0.5, 0.6) is 5.75 Å². The number of methoxy groups -OCH3 is 1. The number of rotatable bonds is 7. The summed E-state index contributed by atoms with van der Waals surface area (Å²) in [7, 11) is 3.51. The summed E-state index contributed by atoms with van der Waals surface area (Å²) >= 11 is 0. The highest BCUT2D eigenvalue weighted by Gasteiger charge is 2.21. The Morgan fingerprint density at radius 1 is 1.38 bits per heavy atom. The van der Waals surface area contributed by atoms with E-state index in [1.54, 1.807) is 7.11 Å². The molecule has 1 aliphatic rings. The molecule has 0 bridgehead atoms. The summed E-state index contributed by atoms with van der Waals surface area (Å²) in [6.45, 7) is 7.63. The molecule has 2 N–H and O–H groups in total. The number of benzene rings is 1. The minimum Gasteiger partial charge on any atom is -0.497 e. The highest BCUT2D eigenvalue weighted by molar-refractivity contribution is 14.0. The molecule has 1 unspecified atom stereocenters. The number of halogens is 1. The largest absolute Gasteiger partial charge is 0.497 e. The van der Waals surface area contributed by atoms with Gasteiger partial charge in [-0.15, -0.1) is 24.0 Å². The molecule has 24 heavy (non-hydrogen) atoms. The lowest BCUT2D eigenvalue weighted by atomic mass is 10.1. The minimum absolute atomic E-state index is 0. The number of ether oxygens (including phenoxy) is 1. The van der Waals surface area contributed by atoms with E-state index in [9.17, 15) is 0 Å². The molecule has 1 aliphatic heterocycles. The van der Waals surface area contributed by atoms with E-state index >= 15 is 0 Å². The summed E-state index contributed by atoms with van der Waals surface area (Å²) in [5.74, 6) is 2.47. The van der Waals surface area contributed by atoms with Gasteiger partial charge >= 0.3 is 0 Å². The van der Waals surface area contributed by atoms with Gasteiger partial charge < -0.3 is 20.3 Å². The van der Waals surface area contributed by atoms with Gasteiger partial charge in [0.05, 0.1) is 7.11 Å². The topological polar surface area (TPSA) is 48.9 Å². The van der Waals surface area contributed by atoms with E-state index in [-0.39, 0.29) is 24.0 Å². The maximum Gasteiger partial charge on any atom is 0.191 e. The normalized spacial score (nSPS) is 18.1. The van der Waals surface area contributed by atoms with E-state index in [1.807, 2.05) is 25.2 Å². The fourth-order valence-electron chi connectivity index (χ4n) is 3.03. The molecule has 1 fully saturated rings. The predicted octanol–water partition coefficient (Wildman–Crippen LogP) is 2.71. The maximum absolute atomic E-state index is 5.25. The highest BCUT2D eigenvalue weighted by Crippen LogP contribution is 2.15. The second-order valence-electron chi connectivity index (χ2n) is 6.11. The monoisotopic (exact) mass is 446 g/mol. The average Bonchev–Trinajstić information content (AvgIpc) is 3.03. The summed E-state index contributed by atoms with van der Waals surface area (Å²) in [5, 5.41) is 6.82. The van der Waals surface area contributed by atoms with Crippen molar-refractivity contribution < 1.29 is 4.74 Å². The van der Waals surface area contributed by atoms with Crippen LogP contribution in [0.4, 0.5) is 0 Å². The molecule has 0 aliphatic carbocycles. The molecule has 0 saturated carbocycles. The van der Waals surface area contributed by atoms with Crippen molar-refractivity contribution in [3.63, 3.8) is 0 Å². The molecule has 1 saturated heterocycles. The first-order valence-electron chi connectivity index (χ1n) is 8.55. The van der Waals surface area contributed by atoms with Gasteiger partial charge in [0.25, 0.3) is 0 Å². The van der Waals surface area contributed by atoms with Gasteiger partial charge in [-0.1, -0.05) is 19.1 Å². The molecule has 1 aromatic rings. The van der Waals surface area contributed by atoms with Crippen molar-refractivity contribution >= 4 is 29.9 Å². The first-order valence-corrected chi connectivity index (χ1v) is 8.55. The Balaban J connectivity index is 0.00000288. The molecule has 1 aromatic carbocycles. The van der Waals surface area contributed by atoms with Crippen LogP contribution in [-0.4, -0.2) is 51.2 Å². The SMILES string of the molecule is CCCN1CCC(CNC(=NC)NCc2cccc(OC)c2)C1.I. The average molecular weight is 446 g/mol. The van der Waals surface area contributed by atoms with Crippen LogP contribution in [0.3, 0.4) is 0 Å². The molecule has 2 rings (SSSR count). The van der Waals surface area contributed by atoms with Gasteiger partial charge in [-0.2, -0.15) is 0 Å². The highest BCUT2D eigenvalue weighted by atomic mass is 127. The first kappa shape index (κ1) is 21.0. The summed E-state index contributed by atoms with van der Waals surface area (Å²) in [4.78, 5) is 6.87. The zero-order chi connectivity index (χ0) is 16.5. The zero-order valence-corrected chi connectivity index (χ0v) is 17.4. The Hall–Kier alpha value is -1.02. The van der Waals surface area contributed by atoms with Gasteiger partial charge in [-0.25, -0.2) is 0 Å². The number of nitrogens with one attached hydrogen (secondary N) is 2. The zero-order valence-electron chi connectivity index (χ0n) is 15.0. The van der Waals surface area contributed by atoms with E-state index < -0.39 is 0 Å². The van der Waals surface area contributed by atoms with Crippen LogP contribution in [0.25, 0.3) is 0 Å². The molecular weight excluding hydrogens is 415 g/mol. The lowest BCUT2D eigenvalue weighted by molar-refractivity contribution is 0.324. The fourth-order valence-corrected chi connectivity index (χ4v) is 3.03. The molecular formula is C18H31IN4O.